The third-order valence-electron chi connectivity index (χ3n) is 1.65. The first-order valence-corrected chi connectivity index (χ1v) is 3.48. The molecule has 12 heavy (non-hydrogen) atoms. The van der Waals surface area contributed by atoms with Crippen molar-refractivity contribution in [2.45, 2.75) is 26.4 Å². The van der Waals surface area contributed by atoms with Crippen LogP contribution in [0, 0.1) is 5.41 Å². The molecule has 0 aromatic carbocycles. The fourth-order valence-corrected chi connectivity index (χ4v) is 0.590. The Morgan fingerprint density at radius 3 is 2.00 bits per heavy atom. The summed E-state index contributed by atoms with van der Waals surface area (Å²) in [6.45, 7) is 2.00. The van der Waals surface area contributed by atoms with Gasteiger partial charge < -0.3 is 5.32 Å². The first-order valence-electron chi connectivity index (χ1n) is 3.48. The first-order chi connectivity index (χ1) is 5.20. The topological polar surface area (TPSA) is 29.1 Å². The summed E-state index contributed by atoms with van der Waals surface area (Å²) in [5, 5.41) is 2.15. The summed E-state index contributed by atoms with van der Waals surface area (Å²) in [6, 6.07) is 0. The molecule has 72 valence electrons. The number of hydrogen-bond donors (Lipinski definition) is 1. The fraction of sp³-hybridized carbons (Fsp3) is 0.857. The lowest BCUT2D eigenvalue weighted by Gasteiger charge is -2.26. The highest BCUT2D eigenvalue weighted by Crippen LogP contribution is 2.39. The van der Waals surface area contributed by atoms with Gasteiger partial charge in [0.25, 0.3) is 0 Å². The number of nitrogens with one attached hydrogen (secondary N) is 1. The molecule has 2 nitrogen and oxygen atoms in total. The van der Waals surface area contributed by atoms with Gasteiger partial charge in [0.05, 0.1) is 5.41 Å². The summed E-state index contributed by atoms with van der Waals surface area (Å²) in [5.74, 6) is -0.600. The Morgan fingerprint density at radius 1 is 1.33 bits per heavy atom. The van der Waals surface area contributed by atoms with Crippen LogP contribution in [0.15, 0.2) is 0 Å². The van der Waals surface area contributed by atoms with Gasteiger partial charge in [-0.2, -0.15) is 13.2 Å². The molecule has 1 amide bonds. The van der Waals surface area contributed by atoms with Crippen LogP contribution in [0.1, 0.15) is 20.3 Å². The molecule has 0 radical (unpaired) electrons. The van der Waals surface area contributed by atoms with E-state index in [4.69, 9.17) is 0 Å². The number of rotatable bonds is 2. The third kappa shape index (κ3) is 2.71. The Balaban J connectivity index is 4.33. The minimum atomic E-state index is -4.33. The quantitative estimate of drug-likeness (QED) is 0.693. The van der Waals surface area contributed by atoms with Gasteiger partial charge in [-0.1, -0.05) is 13.8 Å². The van der Waals surface area contributed by atoms with E-state index in [1.165, 1.54) is 7.05 Å². The van der Waals surface area contributed by atoms with Crippen LogP contribution in [0.4, 0.5) is 13.2 Å². The molecule has 0 aromatic rings. The van der Waals surface area contributed by atoms with E-state index >= 15 is 0 Å². The molecule has 0 atom stereocenters. The van der Waals surface area contributed by atoms with Crippen molar-refractivity contribution in [1.82, 2.24) is 5.32 Å². The molecule has 0 aromatic heterocycles. The summed E-state index contributed by atoms with van der Waals surface area (Å²) in [4.78, 5) is 10.7. The van der Waals surface area contributed by atoms with Crippen molar-refractivity contribution in [3.05, 3.63) is 0 Å². The average Bonchev–Trinajstić information content (AvgIpc) is 1.84. The molecule has 0 aliphatic rings. The summed E-state index contributed by atoms with van der Waals surface area (Å²) >= 11 is 0. The van der Waals surface area contributed by atoms with E-state index in [0.29, 0.717) is 0 Å². The number of amides is 1. The van der Waals surface area contributed by atoms with Crippen LogP contribution >= 0.6 is 0 Å². The minimum Gasteiger partial charge on any atom is -0.359 e. The third-order valence-corrected chi connectivity index (χ3v) is 1.65. The van der Waals surface area contributed by atoms with Gasteiger partial charge in [0.2, 0.25) is 5.91 Å². The van der Waals surface area contributed by atoms with Crippen LogP contribution in [-0.2, 0) is 4.79 Å². The summed E-state index contributed by atoms with van der Waals surface area (Å²) in [5.41, 5.74) is -1.95. The van der Waals surface area contributed by atoms with Gasteiger partial charge >= 0.3 is 6.18 Å². The standard InChI is InChI=1S/C7H12F3NO/c1-6(2,7(8,9)10)4-5(12)11-3/h4H2,1-3H3,(H,11,12). The second-order valence-corrected chi connectivity index (χ2v) is 3.23. The molecular formula is C7H12F3NO. The number of carbonyl (C=O) groups excluding carboxylic acids is 1. The van der Waals surface area contributed by atoms with Crippen molar-refractivity contribution in [3.8, 4) is 0 Å². The normalized spacial score (nSPS) is 12.8. The van der Waals surface area contributed by atoms with Gasteiger partial charge in [0.15, 0.2) is 0 Å². The fourth-order valence-electron chi connectivity index (χ4n) is 0.590. The van der Waals surface area contributed by atoms with Crippen LogP contribution in [0.3, 0.4) is 0 Å². The first kappa shape index (κ1) is 11.3. The average molecular weight is 183 g/mol. The zero-order valence-corrected chi connectivity index (χ0v) is 7.25. The molecule has 0 fully saturated rings. The van der Waals surface area contributed by atoms with Gasteiger partial charge in [-0.3, -0.25) is 4.79 Å². The molecule has 0 aliphatic carbocycles. The highest BCUT2D eigenvalue weighted by atomic mass is 19.4. The Hall–Kier alpha value is -0.740. The Morgan fingerprint density at radius 2 is 1.75 bits per heavy atom. The smallest absolute Gasteiger partial charge is 0.359 e. The zero-order chi connectivity index (χ0) is 9.99. The van der Waals surface area contributed by atoms with Gasteiger partial charge in [-0.05, 0) is 0 Å². The van der Waals surface area contributed by atoms with Gasteiger partial charge in [-0.15, -0.1) is 0 Å². The molecule has 5 heteroatoms. The predicted molar refractivity (Wildman–Crippen MR) is 38.5 cm³/mol. The number of alkyl halides is 3. The maximum absolute atomic E-state index is 12.2. The van der Waals surface area contributed by atoms with Crippen molar-refractivity contribution in [2.24, 2.45) is 5.41 Å². The van der Waals surface area contributed by atoms with E-state index in [2.05, 4.69) is 5.32 Å². The SMILES string of the molecule is CNC(=O)CC(C)(C)C(F)(F)F. The lowest BCUT2D eigenvalue weighted by Crippen LogP contribution is -2.37. The van der Waals surface area contributed by atoms with Crippen LogP contribution in [-0.4, -0.2) is 19.1 Å². The summed E-state index contributed by atoms with van der Waals surface area (Å²) in [6.07, 6.45) is -4.87. The van der Waals surface area contributed by atoms with Gasteiger partial charge in [0.1, 0.15) is 0 Å². The van der Waals surface area contributed by atoms with Crippen molar-refractivity contribution in [1.29, 1.82) is 0 Å². The van der Waals surface area contributed by atoms with Crippen LogP contribution in [0.2, 0.25) is 0 Å². The number of hydrogen-bond acceptors (Lipinski definition) is 1. The van der Waals surface area contributed by atoms with E-state index in [0.717, 1.165) is 13.8 Å². The van der Waals surface area contributed by atoms with E-state index < -0.39 is 23.9 Å². The second kappa shape index (κ2) is 3.33. The number of carbonyl (C=O) groups is 1. The lowest BCUT2D eigenvalue weighted by atomic mass is 9.88. The number of halogens is 3. The molecule has 0 heterocycles. The molecule has 1 N–H and O–H groups in total. The van der Waals surface area contributed by atoms with Crippen molar-refractivity contribution in [3.63, 3.8) is 0 Å². The van der Waals surface area contributed by atoms with Gasteiger partial charge in [-0.25, -0.2) is 0 Å². The summed E-state index contributed by atoms with van der Waals surface area (Å²) < 4.78 is 36.5. The largest absolute Gasteiger partial charge is 0.394 e. The highest BCUT2D eigenvalue weighted by molar-refractivity contribution is 5.76. The Labute approximate surface area is 69.1 Å². The van der Waals surface area contributed by atoms with Crippen LogP contribution < -0.4 is 5.32 Å². The molecular weight excluding hydrogens is 171 g/mol. The van der Waals surface area contributed by atoms with Crippen LogP contribution in [0.25, 0.3) is 0 Å². The van der Waals surface area contributed by atoms with E-state index in [1.807, 2.05) is 0 Å². The maximum atomic E-state index is 12.2. The van der Waals surface area contributed by atoms with Crippen LogP contribution in [0.5, 0.6) is 0 Å². The lowest BCUT2D eigenvalue weighted by molar-refractivity contribution is -0.213. The monoisotopic (exact) mass is 183 g/mol. The minimum absolute atomic E-state index is 0.535. The molecule has 0 saturated carbocycles. The van der Waals surface area contributed by atoms with E-state index in [1.54, 1.807) is 0 Å². The zero-order valence-electron chi connectivity index (χ0n) is 7.25. The molecule has 0 bridgehead atoms. The molecule has 0 aliphatic heterocycles. The van der Waals surface area contributed by atoms with Crippen molar-refractivity contribution >= 4 is 5.91 Å². The highest BCUT2D eigenvalue weighted by Gasteiger charge is 2.48. The van der Waals surface area contributed by atoms with Crippen molar-refractivity contribution < 1.29 is 18.0 Å². The summed E-state index contributed by atoms with van der Waals surface area (Å²) in [7, 11) is 1.31. The predicted octanol–water partition coefficient (Wildman–Crippen LogP) is 1.71. The van der Waals surface area contributed by atoms with Crippen molar-refractivity contribution in [2.75, 3.05) is 7.05 Å². The Kier molecular flexibility index (Phi) is 3.12. The molecule has 0 rings (SSSR count). The second-order valence-electron chi connectivity index (χ2n) is 3.23. The molecule has 0 unspecified atom stereocenters. The van der Waals surface area contributed by atoms with E-state index in [9.17, 15) is 18.0 Å². The Bertz CT molecular complexity index is 174. The van der Waals surface area contributed by atoms with Gasteiger partial charge in [0, 0.05) is 13.5 Å². The molecule has 0 spiro atoms. The maximum Gasteiger partial charge on any atom is 0.394 e. The van der Waals surface area contributed by atoms with E-state index in [-0.39, 0.29) is 0 Å². The molecule has 0 saturated heterocycles.